The third kappa shape index (κ3) is 4.95. The fourth-order valence-corrected chi connectivity index (χ4v) is 3.16. The molecule has 150 valence electrons. The number of alkyl halides is 3. The van der Waals surface area contributed by atoms with Crippen LogP contribution in [0.15, 0.2) is 75.0 Å². The van der Waals surface area contributed by atoms with E-state index in [0.717, 1.165) is 16.5 Å². The Bertz CT molecular complexity index is 1080. The number of hydrogen-bond donors (Lipinski definition) is 1. The summed E-state index contributed by atoms with van der Waals surface area (Å²) < 4.78 is 45.1. The van der Waals surface area contributed by atoms with Gasteiger partial charge in [-0.1, -0.05) is 41.9 Å². The van der Waals surface area contributed by atoms with Crippen LogP contribution in [0.4, 0.5) is 13.2 Å². The van der Waals surface area contributed by atoms with Gasteiger partial charge in [-0.3, -0.25) is 0 Å². The van der Waals surface area contributed by atoms with Crippen molar-refractivity contribution in [3.63, 3.8) is 0 Å². The zero-order valence-corrected chi connectivity index (χ0v) is 17.2. The van der Waals surface area contributed by atoms with E-state index in [0.29, 0.717) is 22.9 Å². The molecule has 1 aromatic heterocycles. The first-order valence-corrected chi connectivity index (χ1v) is 9.47. The standard InChI is InChI=1S/C22H17ClF3NOS/c1-13(27-21(14(2)29)15-6-4-3-5-7-15)19-10-11-20(28-19)16-8-9-18(23)17(12-16)22(24,25)26/h3-12,29H,1-2H3/b21-14-,27-13?. The van der Waals surface area contributed by atoms with Crippen molar-refractivity contribution in [3.8, 4) is 11.3 Å². The van der Waals surface area contributed by atoms with Crippen LogP contribution in [0.25, 0.3) is 17.0 Å². The van der Waals surface area contributed by atoms with Crippen LogP contribution < -0.4 is 0 Å². The average Bonchev–Trinajstić information content (AvgIpc) is 3.16. The molecule has 2 aromatic carbocycles. The average molecular weight is 436 g/mol. The Morgan fingerprint density at radius 2 is 1.69 bits per heavy atom. The van der Waals surface area contributed by atoms with Gasteiger partial charge in [0.2, 0.25) is 0 Å². The summed E-state index contributed by atoms with van der Waals surface area (Å²) in [7, 11) is 0. The van der Waals surface area contributed by atoms with E-state index in [-0.39, 0.29) is 10.6 Å². The summed E-state index contributed by atoms with van der Waals surface area (Å²) in [5, 5.41) is -0.354. The second-order valence-corrected chi connectivity index (χ2v) is 7.43. The number of thiol groups is 1. The van der Waals surface area contributed by atoms with E-state index in [4.69, 9.17) is 16.0 Å². The number of aliphatic imine (C=N–C) groups is 1. The van der Waals surface area contributed by atoms with Gasteiger partial charge in [0.05, 0.1) is 22.0 Å². The van der Waals surface area contributed by atoms with E-state index in [2.05, 4.69) is 17.6 Å². The molecule has 0 aliphatic rings. The number of hydrogen-bond acceptors (Lipinski definition) is 3. The first-order chi connectivity index (χ1) is 13.7. The van der Waals surface area contributed by atoms with Crippen molar-refractivity contribution in [1.82, 2.24) is 0 Å². The summed E-state index contributed by atoms with van der Waals surface area (Å²) in [6, 6.07) is 16.5. The van der Waals surface area contributed by atoms with Crippen LogP contribution in [0.3, 0.4) is 0 Å². The highest BCUT2D eigenvalue weighted by Crippen LogP contribution is 2.37. The molecule has 0 atom stereocenters. The van der Waals surface area contributed by atoms with Gasteiger partial charge < -0.3 is 4.42 Å². The van der Waals surface area contributed by atoms with E-state index in [9.17, 15) is 13.2 Å². The molecule has 0 aliphatic heterocycles. The van der Waals surface area contributed by atoms with Crippen LogP contribution in [0.5, 0.6) is 0 Å². The lowest BCUT2D eigenvalue weighted by Gasteiger charge is -2.10. The molecule has 7 heteroatoms. The van der Waals surface area contributed by atoms with Gasteiger partial charge in [-0.2, -0.15) is 13.2 Å². The molecular formula is C22H17ClF3NOS. The predicted octanol–water partition coefficient (Wildman–Crippen LogP) is 7.75. The monoisotopic (exact) mass is 435 g/mol. The van der Waals surface area contributed by atoms with E-state index in [1.807, 2.05) is 37.3 Å². The van der Waals surface area contributed by atoms with E-state index in [1.165, 1.54) is 12.1 Å². The van der Waals surface area contributed by atoms with Gasteiger partial charge in [-0.15, -0.1) is 12.6 Å². The third-order valence-corrected chi connectivity index (χ3v) is 4.73. The van der Waals surface area contributed by atoms with Gasteiger partial charge in [0.15, 0.2) is 0 Å². The molecule has 2 nitrogen and oxygen atoms in total. The van der Waals surface area contributed by atoms with Crippen LogP contribution in [-0.4, -0.2) is 5.71 Å². The quantitative estimate of drug-likeness (QED) is 0.329. The zero-order valence-electron chi connectivity index (χ0n) is 15.6. The Balaban J connectivity index is 1.96. The highest BCUT2D eigenvalue weighted by Gasteiger charge is 2.33. The maximum absolute atomic E-state index is 13.1. The predicted molar refractivity (Wildman–Crippen MR) is 114 cm³/mol. The molecule has 3 aromatic rings. The second-order valence-electron chi connectivity index (χ2n) is 6.35. The van der Waals surface area contributed by atoms with Crippen LogP contribution in [0.1, 0.15) is 30.7 Å². The fraction of sp³-hybridized carbons (Fsp3) is 0.136. The highest BCUT2D eigenvalue weighted by molar-refractivity contribution is 7.84. The van der Waals surface area contributed by atoms with Crippen molar-refractivity contribution >= 4 is 35.6 Å². The molecule has 0 saturated carbocycles. The SMILES string of the molecule is CC(=N/C(=C(/C)S)c1ccccc1)c1ccc(-c2ccc(Cl)c(C(F)(F)F)c2)o1. The van der Waals surface area contributed by atoms with Gasteiger partial charge in [0.25, 0.3) is 0 Å². The van der Waals surface area contributed by atoms with Gasteiger partial charge in [0, 0.05) is 16.0 Å². The minimum atomic E-state index is -4.54. The molecule has 0 N–H and O–H groups in total. The van der Waals surface area contributed by atoms with Crippen LogP contribution in [0.2, 0.25) is 5.02 Å². The Hall–Kier alpha value is -2.44. The van der Waals surface area contributed by atoms with Gasteiger partial charge in [-0.05, 0) is 44.2 Å². The molecule has 0 aliphatic carbocycles. The molecule has 3 rings (SSSR count). The summed E-state index contributed by atoms with van der Waals surface area (Å²) in [6.45, 7) is 3.60. The first-order valence-electron chi connectivity index (χ1n) is 8.64. The van der Waals surface area contributed by atoms with Crippen LogP contribution in [0, 0.1) is 0 Å². The summed E-state index contributed by atoms with van der Waals surface area (Å²) in [5.74, 6) is 0.746. The summed E-state index contributed by atoms with van der Waals surface area (Å²) in [5.41, 5.74) is 1.55. The lowest BCUT2D eigenvalue weighted by atomic mass is 10.1. The summed E-state index contributed by atoms with van der Waals surface area (Å²) >= 11 is 10.1. The smallest absolute Gasteiger partial charge is 0.417 e. The van der Waals surface area contributed by atoms with Crippen molar-refractivity contribution in [3.05, 3.63) is 87.5 Å². The van der Waals surface area contributed by atoms with E-state index < -0.39 is 11.7 Å². The van der Waals surface area contributed by atoms with Crippen LogP contribution >= 0.6 is 24.2 Å². The maximum atomic E-state index is 13.1. The number of benzene rings is 2. The van der Waals surface area contributed by atoms with Crippen molar-refractivity contribution in [2.75, 3.05) is 0 Å². The number of furan rings is 1. The lowest BCUT2D eigenvalue weighted by Crippen LogP contribution is -2.05. The van der Waals surface area contributed by atoms with Crippen molar-refractivity contribution in [2.24, 2.45) is 4.99 Å². The minimum absolute atomic E-state index is 0.282. The van der Waals surface area contributed by atoms with Crippen LogP contribution in [-0.2, 0) is 6.18 Å². The largest absolute Gasteiger partial charge is 0.455 e. The van der Waals surface area contributed by atoms with Gasteiger partial charge >= 0.3 is 6.18 Å². The molecule has 0 bridgehead atoms. The Labute approximate surface area is 177 Å². The molecule has 29 heavy (non-hydrogen) atoms. The van der Waals surface area contributed by atoms with Crippen molar-refractivity contribution < 1.29 is 17.6 Å². The molecule has 0 unspecified atom stereocenters. The Morgan fingerprint density at radius 1 is 1.00 bits per heavy atom. The zero-order chi connectivity index (χ0) is 21.2. The second kappa shape index (κ2) is 8.51. The molecule has 0 fully saturated rings. The van der Waals surface area contributed by atoms with Gasteiger partial charge in [0.1, 0.15) is 11.5 Å². The number of allylic oxidation sites excluding steroid dienone is 1. The molecule has 1 heterocycles. The topological polar surface area (TPSA) is 25.5 Å². The summed E-state index contributed by atoms with van der Waals surface area (Å²) in [6.07, 6.45) is -4.54. The maximum Gasteiger partial charge on any atom is 0.417 e. The molecule has 0 radical (unpaired) electrons. The fourth-order valence-electron chi connectivity index (χ4n) is 2.76. The van der Waals surface area contributed by atoms with Crippen molar-refractivity contribution in [1.29, 1.82) is 0 Å². The number of nitrogens with zero attached hydrogens (tertiary/aromatic N) is 1. The molecule has 0 spiro atoms. The summed E-state index contributed by atoms with van der Waals surface area (Å²) in [4.78, 5) is 5.35. The molecule has 0 saturated heterocycles. The Morgan fingerprint density at radius 3 is 2.31 bits per heavy atom. The first kappa shape index (κ1) is 21.3. The van der Waals surface area contributed by atoms with E-state index >= 15 is 0 Å². The molecule has 0 amide bonds. The van der Waals surface area contributed by atoms with E-state index in [1.54, 1.807) is 19.1 Å². The third-order valence-electron chi connectivity index (χ3n) is 4.19. The normalized spacial score (nSPS) is 13.4. The minimum Gasteiger partial charge on any atom is -0.455 e. The van der Waals surface area contributed by atoms with Gasteiger partial charge in [-0.25, -0.2) is 4.99 Å². The highest BCUT2D eigenvalue weighted by atomic mass is 35.5. The number of rotatable bonds is 4. The molecular weight excluding hydrogens is 419 g/mol. The number of halogens is 4. The lowest BCUT2D eigenvalue weighted by molar-refractivity contribution is -0.137. The Kier molecular flexibility index (Phi) is 6.24. The van der Waals surface area contributed by atoms with Crippen molar-refractivity contribution in [2.45, 2.75) is 20.0 Å².